The first-order valence-electron chi connectivity index (χ1n) is 6.68. The van der Waals surface area contributed by atoms with Crippen LogP contribution < -0.4 is 4.74 Å². The van der Waals surface area contributed by atoms with Crippen LogP contribution in [-0.2, 0) is 17.9 Å². The van der Waals surface area contributed by atoms with E-state index in [1.165, 1.54) is 0 Å². The number of fused-ring (bicyclic) bond motifs is 1. The number of ether oxygens (including phenoxy) is 1. The van der Waals surface area contributed by atoms with Gasteiger partial charge in [-0.25, -0.2) is 0 Å². The van der Waals surface area contributed by atoms with Crippen LogP contribution in [0.3, 0.4) is 0 Å². The molecule has 3 rings (SSSR count). The molecule has 0 spiro atoms. The quantitative estimate of drug-likeness (QED) is 0.865. The number of nitrogens with zero attached hydrogens (tertiary/aromatic N) is 4. The van der Waals surface area contributed by atoms with Crippen molar-refractivity contribution in [1.29, 1.82) is 0 Å². The summed E-state index contributed by atoms with van der Waals surface area (Å²) in [5.41, 5.74) is 0. The van der Waals surface area contributed by atoms with Gasteiger partial charge in [0, 0.05) is 18.1 Å². The van der Waals surface area contributed by atoms with Crippen molar-refractivity contribution in [3.8, 4) is 5.75 Å². The number of rotatable bonds is 3. The maximum absolute atomic E-state index is 12.2. The monoisotopic (exact) mass is 306 g/mol. The van der Waals surface area contributed by atoms with Crippen molar-refractivity contribution in [1.82, 2.24) is 19.7 Å². The van der Waals surface area contributed by atoms with E-state index >= 15 is 0 Å². The predicted octanol–water partition coefficient (Wildman–Crippen LogP) is 1.66. The second-order valence-corrected chi connectivity index (χ2v) is 5.31. The Kier molecular flexibility index (Phi) is 3.79. The van der Waals surface area contributed by atoms with E-state index in [9.17, 15) is 4.79 Å². The second kappa shape index (κ2) is 5.73. The number of carbonyl (C=O) groups excluding carboxylic acids is 1. The summed E-state index contributed by atoms with van der Waals surface area (Å²) in [6, 6.07) is 6.94. The molecule has 0 N–H and O–H groups in total. The minimum Gasteiger partial charge on any atom is -0.484 e. The number of amides is 1. The summed E-state index contributed by atoms with van der Waals surface area (Å²) in [6.45, 7) is 3.77. The molecular weight excluding hydrogens is 292 g/mol. The SMILES string of the molecule is Cc1nnc2n1CCN(C(=O)COc1ccc(Cl)cc1)C2. The summed E-state index contributed by atoms with van der Waals surface area (Å²) in [6.07, 6.45) is 0. The summed E-state index contributed by atoms with van der Waals surface area (Å²) in [5, 5.41) is 8.74. The zero-order chi connectivity index (χ0) is 14.8. The van der Waals surface area contributed by atoms with E-state index in [0.29, 0.717) is 23.9 Å². The first-order chi connectivity index (χ1) is 10.1. The minimum atomic E-state index is -0.0585. The lowest BCUT2D eigenvalue weighted by Crippen LogP contribution is -2.41. The van der Waals surface area contributed by atoms with Crippen LogP contribution >= 0.6 is 11.6 Å². The molecule has 0 saturated heterocycles. The van der Waals surface area contributed by atoms with Gasteiger partial charge in [0.15, 0.2) is 12.4 Å². The Bertz CT molecular complexity index is 653. The summed E-state index contributed by atoms with van der Waals surface area (Å²) >= 11 is 5.80. The molecule has 21 heavy (non-hydrogen) atoms. The van der Waals surface area contributed by atoms with Crippen LogP contribution in [0.25, 0.3) is 0 Å². The van der Waals surface area contributed by atoms with E-state index in [1.807, 2.05) is 11.5 Å². The zero-order valence-corrected chi connectivity index (χ0v) is 12.4. The number of halogens is 1. The highest BCUT2D eigenvalue weighted by atomic mass is 35.5. The van der Waals surface area contributed by atoms with Crippen molar-refractivity contribution >= 4 is 17.5 Å². The molecular formula is C14H15ClN4O2. The van der Waals surface area contributed by atoms with E-state index in [1.54, 1.807) is 29.2 Å². The average molecular weight is 307 g/mol. The Labute approximate surface area is 127 Å². The fourth-order valence-corrected chi connectivity index (χ4v) is 2.41. The summed E-state index contributed by atoms with van der Waals surface area (Å²) in [4.78, 5) is 13.9. The summed E-state index contributed by atoms with van der Waals surface area (Å²) < 4.78 is 7.51. The van der Waals surface area contributed by atoms with Crippen molar-refractivity contribution in [2.24, 2.45) is 0 Å². The fourth-order valence-electron chi connectivity index (χ4n) is 2.28. The van der Waals surface area contributed by atoms with Crippen molar-refractivity contribution < 1.29 is 9.53 Å². The minimum absolute atomic E-state index is 0.00868. The van der Waals surface area contributed by atoms with Crippen molar-refractivity contribution in [2.45, 2.75) is 20.0 Å². The number of hydrogen-bond acceptors (Lipinski definition) is 4. The fraction of sp³-hybridized carbons (Fsp3) is 0.357. The normalized spacial score (nSPS) is 13.9. The van der Waals surface area contributed by atoms with Gasteiger partial charge in [-0.1, -0.05) is 11.6 Å². The Morgan fingerprint density at radius 1 is 1.29 bits per heavy atom. The first-order valence-corrected chi connectivity index (χ1v) is 7.06. The molecule has 6 nitrogen and oxygen atoms in total. The van der Waals surface area contributed by atoms with Crippen LogP contribution in [0.1, 0.15) is 11.6 Å². The molecule has 0 saturated carbocycles. The van der Waals surface area contributed by atoms with Gasteiger partial charge >= 0.3 is 0 Å². The van der Waals surface area contributed by atoms with E-state index in [0.717, 1.165) is 18.2 Å². The van der Waals surface area contributed by atoms with E-state index < -0.39 is 0 Å². The van der Waals surface area contributed by atoms with Crippen LogP contribution in [-0.4, -0.2) is 38.7 Å². The molecule has 0 atom stereocenters. The van der Waals surface area contributed by atoms with Gasteiger partial charge < -0.3 is 14.2 Å². The molecule has 2 heterocycles. The highest BCUT2D eigenvalue weighted by Crippen LogP contribution is 2.16. The average Bonchev–Trinajstić information content (AvgIpc) is 2.87. The van der Waals surface area contributed by atoms with Crippen LogP contribution in [0, 0.1) is 6.92 Å². The molecule has 0 bridgehead atoms. The molecule has 1 aromatic heterocycles. The van der Waals surface area contributed by atoms with Gasteiger partial charge in [-0.3, -0.25) is 4.79 Å². The topological polar surface area (TPSA) is 60.2 Å². The number of hydrogen-bond donors (Lipinski definition) is 0. The molecule has 0 fully saturated rings. The Hall–Kier alpha value is -2.08. The molecule has 110 valence electrons. The van der Waals surface area contributed by atoms with Gasteiger partial charge in [0.05, 0.1) is 6.54 Å². The Morgan fingerprint density at radius 3 is 2.81 bits per heavy atom. The van der Waals surface area contributed by atoms with Gasteiger partial charge in [-0.15, -0.1) is 10.2 Å². The van der Waals surface area contributed by atoms with Gasteiger partial charge in [-0.05, 0) is 31.2 Å². The lowest BCUT2D eigenvalue weighted by molar-refractivity contribution is -0.134. The number of benzene rings is 1. The largest absolute Gasteiger partial charge is 0.484 e. The van der Waals surface area contributed by atoms with Crippen LogP contribution in [0.5, 0.6) is 5.75 Å². The van der Waals surface area contributed by atoms with Crippen LogP contribution in [0.4, 0.5) is 0 Å². The zero-order valence-electron chi connectivity index (χ0n) is 11.6. The Balaban J connectivity index is 1.58. The van der Waals surface area contributed by atoms with Crippen LogP contribution in [0.15, 0.2) is 24.3 Å². The Morgan fingerprint density at radius 2 is 2.05 bits per heavy atom. The smallest absolute Gasteiger partial charge is 0.260 e. The highest BCUT2D eigenvalue weighted by Gasteiger charge is 2.23. The van der Waals surface area contributed by atoms with Gasteiger partial charge in [0.25, 0.3) is 5.91 Å². The molecule has 1 aliphatic rings. The maximum atomic E-state index is 12.2. The summed E-state index contributed by atoms with van der Waals surface area (Å²) in [7, 11) is 0. The van der Waals surface area contributed by atoms with Crippen molar-refractivity contribution in [3.05, 3.63) is 40.9 Å². The molecule has 1 aliphatic heterocycles. The maximum Gasteiger partial charge on any atom is 0.260 e. The van der Waals surface area contributed by atoms with Crippen molar-refractivity contribution in [2.75, 3.05) is 13.2 Å². The molecule has 1 aromatic carbocycles. The van der Waals surface area contributed by atoms with E-state index in [2.05, 4.69) is 10.2 Å². The molecule has 0 unspecified atom stereocenters. The molecule has 2 aromatic rings. The summed E-state index contributed by atoms with van der Waals surface area (Å²) in [5.74, 6) is 2.27. The van der Waals surface area contributed by atoms with Gasteiger partial charge in [0.1, 0.15) is 11.6 Å². The van der Waals surface area contributed by atoms with E-state index in [4.69, 9.17) is 16.3 Å². The molecule has 7 heteroatoms. The van der Waals surface area contributed by atoms with E-state index in [-0.39, 0.29) is 12.5 Å². The molecule has 1 amide bonds. The molecule has 0 radical (unpaired) electrons. The first kappa shape index (κ1) is 13.9. The lowest BCUT2D eigenvalue weighted by atomic mass is 10.3. The lowest BCUT2D eigenvalue weighted by Gasteiger charge is -2.27. The number of aryl methyl sites for hydroxylation is 1. The van der Waals surface area contributed by atoms with Gasteiger partial charge in [0.2, 0.25) is 0 Å². The standard InChI is InChI=1S/C14H15ClN4O2/c1-10-16-17-13-8-18(6-7-19(10)13)14(20)9-21-12-4-2-11(15)3-5-12/h2-5H,6-9H2,1H3. The third-order valence-electron chi connectivity index (χ3n) is 3.47. The number of carbonyl (C=O) groups is 1. The second-order valence-electron chi connectivity index (χ2n) is 4.87. The third-order valence-corrected chi connectivity index (χ3v) is 3.72. The van der Waals surface area contributed by atoms with Gasteiger partial charge in [-0.2, -0.15) is 0 Å². The van der Waals surface area contributed by atoms with Crippen molar-refractivity contribution in [3.63, 3.8) is 0 Å². The number of aromatic nitrogens is 3. The molecule has 0 aliphatic carbocycles. The predicted molar refractivity (Wildman–Crippen MR) is 77.1 cm³/mol. The third kappa shape index (κ3) is 3.00. The van der Waals surface area contributed by atoms with Crippen LogP contribution in [0.2, 0.25) is 5.02 Å². The highest BCUT2D eigenvalue weighted by molar-refractivity contribution is 6.30.